The minimum Gasteiger partial charge on any atom is -0.508 e. The van der Waals surface area contributed by atoms with Crippen molar-refractivity contribution in [2.75, 3.05) is 34.0 Å². The molecule has 6 aliphatic rings. The molecule has 0 amide bonds. The van der Waals surface area contributed by atoms with E-state index in [4.69, 9.17) is 56.8 Å². The first-order chi connectivity index (χ1) is 42.9. The molecule has 0 bridgehead atoms. The van der Waals surface area contributed by atoms with Crippen molar-refractivity contribution >= 4 is 29.8 Å². The number of aromatic hydroxyl groups is 3. The second kappa shape index (κ2) is 28.7. The summed E-state index contributed by atoms with van der Waals surface area (Å²) in [6.07, 6.45) is -24.6. The summed E-state index contributed by atoms with van der Waals surface area (Å²) >= 11 is 0. The zero-order valence-corrected chi connectivity index (χ0v) is 48.1. The molecule has 90 heavy (non-hydrogen) atoms. The molecule has 3 aromatic carbocycles. The molecule has 1 saturated carbocycles. The molecule has 2 aliphatic carbocycles. The van der Waals surface area contributed by atoms with Crippen LogP contribution in [0.2, 0.25) is 0 Å². The van der Waals surface area contributed by atoms with Crippen molar-refractivity contribution < 1.29 is 148 Å². The molecular weight excluding hydrogens is 1200 g/mol. The number of fused-ring (bicyclic) bond motifs is 1. The average molecular weight is 1270 g/mol. The number of allylic oxidation sites excluding steroid dienone is 2. The van der Waals surface area contributed by atoms with Crippen LogP contribution in [0.15, 0.2) is 108 Å². The number of methoxy groups -OCH3 is 2. The van der Waals surface area contributed by atoms with E-state index in [0.717, 1.165) is 18.2 Å². The molecule has 0 aromatic heterocycles. The Bertz CT molecular complexity index is 3190. The highest BCUT2D eigenvalue weighted by Gasteiger charge is 2.51. The fraction of sp³-hybridized carbons (Fsp3) is 0.467. The van der Waals surface area contributed by atoms with Gasteiger partial charge in [-0.2, -0.15) is 0 Å². The monoisotopic (exact) mass is 1270 g/mol. The smallest absolute Gasteiger partial charge is 0.331 e. The van der Waals surface area contributed by atoms with Crippen LogP contribution < -0.4 is 14.2 Å². The summed E-state index contributed by atoms with van der Waals surface area (Å²) in [5, 5.41) is 170. The molecule has 0 spiro atoms. The molecule has 9 rings (SSSR count). The zero-order valence-electron chi connectivity index (χ0n) is 48.1. The first-order valence-electron chi connectivity index (χ1n) is 28.1. The lowest BCUT2D eigenvalue weighted by molar-refractivity contribution is -0.323. The van der Waals surface area contributed by atoms with E-state index in [1.54, 1.807) is 0 Å². The molecule has 0 radical (unpaired) electrons. The minimum absolute atomic E-state index is 0.0984. The molecule has 3 saturated heterocycles. The summed E-state index contributed by atoms with van der Waals surface area (Å²) in [7, 11) is 2.53. The molecule has 16 N–H and O–H groups in total. The maximum atomic E-state index is 13.1. The highest BCUT2D eigenvalue weighted by atomic mass is 16.7. The quantitative estimate of drug-likeness (QED) is 0.0331. The van der Waals surface area contributed by atoms with E-state index in [0.29, 0.717) is 11.1 Å². The lowest BCUT2D eigenvalue weighted by Gasteiger charge is -2.43. The van der Waals surface area contributed by atoms with Gasteiger partial charge in [-0.1, -0.05) is 18.2 Å². The normalized spacial score (nSPS) is 34.5. The van der Waals surface area contributed by atoms with Gasteiger partial charge in [-0.15, -0.1) is 0 Å². The van der Waals surface area contributed by atoms with Crippen LogP contribution in [0.5, 0.6) is 34.5 Å². The van der Waals surface area contributed by atoms with Crippen molar-refractivity contribution in [2.45, 2.75) is 136 Å². The van der Waals surface area contributed by atoms with Gasteiger partial charge in [0.25, 0.3) is 0 Å². The number of aliphatic hydroxyl groups excluding tert-OH is 13. The number of rotatable bonds is 20. The van der Waals surface area contributed by atoms with Gasteiger partial charge in [-0.3, -0.25) is 0 Å². The molecule has 30 heteroatoms. The van der Waals surface area contributed by atoms with Gasteiger partial charge in [0, 0.05) is 48.0 Å². The lowest BCUT2D eigenvalue weighted by Crippen LogP contribution is -2.61. The largest absolute Gasteiger partial charge is 0.508 e. The Balaban J connectivity index is 0.815. The van der Waals surface area contributed by atoms with Crippen LogP contribution in [-0.4, -0.2) is 250 Å². The summed E-state index contributed by atoms with van der Waals surface area (Å²) in [6, 6.07) is 12.3. The summed E-state index contributed by atoms with van der Waals surface area (Å²) in [4.78, 5) is 25.5. The summed E-state index contributed by atoms with van der Waals surface area (Å²) in [5.41, 5.74) is 0.988. The average Bonchev–Trinajstić information content (AvgIpc) is 0.781. The van der Waals surface area contributed by atoms with E-state index in [9.17, 15) is 91.3 Å². The van der Waals surface area contributed by atoms with E-state index in [-0.39, 0.29) is 63.6 Å². The second-order valence-corrected chi connectivity index (χ2v) is 21.8. The minimum atomic E-state index is -2.01. The number of ether oxygens (including phenoxy) is 12. The van der Waals surface area contributed by atoms with Crippen molar-refractivity contribution in [3.05, 3.63) is 125 Å². The number of hydrogen-bond acceptors (Lipinski definition) is 30. The van der Waals surface area contributed by atoms with Crippen molar-refractivity contribution in [3.63, 3.8) is 0 Å². The molecule has 30 nitrogen and oxygen atoms in total. The number of phenols is 3. The third-order valence-electron chi connectivity index (χ3n) is 15.7. The van der Waals surface area contributed by atoms with Gasteiger partial charge in [-0.05, 0) is 79.1 Å². The fourth-order valence-electron chi connectivity index (χ4n) is 10.5. The zero-order chi connectivity index (χ0) is 65.0. The number of carbonyl (C=O) groups excluding carboxylic acids is 2. The van der Waals surface area contributed by atoms with Gasteiger partial charge >= 0.3 is 11.9 Å². The molecule has 4 heterocycles. The predicted octanol–water partition coefficient (Wildman–Crippen LogP) is -1.99. The maximum absolute atomic E-state index is 13.1. The maximum Gasteiger partial charge on any atom is 0.331 e. The van der Waals surface area contributed by atoms with Crippen molar-refractivity contribution in [1.82, 2.24) is 0 Å². The molecule has 490 valence electrons. The standard InChI is InChI=1S/C60H70O30/c1-24-56(90-43(66)13-7-25-4-9-30(10-5-25)84-59-53(76)50(73)47(70)40(88-59)22-81-42(65)12-8-26-6-11-32(63)33(64)14-26)52(75)55(78)58(83-24)82-23-41-48(71)51(74)54(77)60(89-41)87-39-20-31-34(85-38-17-28(21-61)44(67)49(72)46(38)69)18-29(62)19-35(31)86-57(39)27-15-36(79-2)45(68)37(16-27)80-3/h4-16,18-20,24,28,35,38,40-41,44,46-56,58-64,67-78H,17,21-23H2,1-3H3. The Labute approximate surface area is 511 Å². The Kier molecular flexibility index (Phi) is 21.3. The van der Waals surface area contributed by atoms with E-state index in [1.165, 1.54) is 100 Å². The third kappa shape index (κ3) is 14.7. The predicted molar refractivity (Wildman–Crippen MR) is 300 cm³/mol. The van der Waals surface area contributed by atoms with Crippen LogP contribution in [0.3, 0.4) is 0 Å². The van der Waals surface area contributed by atoms with Crippen LogP contribution in [0.4, 0.5) is 0 Å². The van der Waals surface area contributed by atoms with Gasteiger partial charge in [0.1, 0.15) is 109 Å². The van der Waals surface area contributed by atoms with Crippen LogP contribution in [0.1, 0.15) is 30.0 Å². The van der Waals surface area contributed by atoms with Gasteiger partial charge in [0.15, 0.2) is 46.9 Å². The van der Waals surface area contributed by atoms with Crippen LogP contribution >= 0.6 is 0 Å². The Morgan fingerprint density at radius 3 is 1.82 bits per heavy atom. The van der Waals surface area contributed by atoms with Crippen LogP contribution in [0, 0.1) is 5.92 Å². The Hall–Kier alpha value is -7.60. The topological polar surface area (TPSA) is 469 Å². The van der Waals surface area contributed by atoms with Gasteiger partial charge in [0.05, 0.1) is 33.0 Å². The number of phenolic OH excluding ortho intramolecular Hbond substituents is 3. The lowest BCUT2D eigenvalue weighted by atomic mass is 9.81. The number of carbonyl (C=O) groups is 2. The fourth-order valence-corrected chi connectivity index (χ4v) is 10.5. The second-order valence-electron chi connectivity index (χ2n) is 21.8. The number of hydrogen-bond donors (Lipinski definition) is 16. The SMILES string of the molecule is COc1cc(C2=C(OC3OC(COC4OC(C)C(OC(=O)C=Cc5ccc(OC6OC(COC(=O)C=Cc7ccc(O)c(O)c7)C(O)C(O)C6O)cc5)C(O)C4O)C(O)C(O)C3O)C=C3C(OC4CC(CO)C(O)C(O)C4O)=CC(O)=CC3O2)cc(OC)c1O. The van der Waals surface area contributed by atoms with E-state index >= 15 is 0 Å². The number of esters is 2. The summed E-state index contributed by atoms with van der Waals surface area (Å²) in [5.74, 6) is -5.00. The van der Waals surface area contributed by atoms with Crippen LogP contribution in [-0.2, 0) is 52.2 Å². The first kappa shape index (κ1) is 66.8. The molecule has 21 unspecified atom stereocenters. The highest BCUT2D eigenvalue weighted by molar-refractivity contribution is 5.88. The summed E-state index contributed by atoms with van der Waals surface area (Å²) < 4.78 is 69.0. The van der Waals surface area contributed by atoms with Crippen molar-refractivity contribution in [2.24, 2.45) is 5.92 Å². The highest BCUT2D eigenvalue weighted by Crippen LogP contribution is 2.45. The van der Waals surface area contributed by atoms with Gasteiger partial charge in [0.2, 0.25) is 18.3 Å². The van der Waals surface area contributed by atoms with E-state index in [2.05, 4.69) is 0 Å². The molecule has 4 aliphatic heterocycles. The first-order valence-corrected chi connectivity index (χ1v) is 28.1. The molecular formula is C60H70O30. The Morgan fingerprint density at radius 2 is 1.19 bits per heavy atom. The Morgan fingerprint density at radius 1 is 0.600 bits per heavy atom. The van der Waals surface area contributed by atoms with Crippen molar-refractivity contribution in [3.8, 4) is 34.5 Å². The third-order valence-corrected chi connectivity index (χ3v) is 15.7. The number of benzene rings is 3. The molecule has 4 fully saturated rings. The number of aliphatic hydroxyl groups is 13. The van der Waals surface area contributed by atoms with Crippen molar-refractivity contribution in [1.29, 1.82) is 0 Å². The van der Waals surface area contributed by atoms with Gasteiger partial charge < -0.3 is 139 Å². The van der Waals surface area contributed by atoms with E-state index in [1.807, 2.05) is 0 Å². The van der Waals surface area contributed by atoms with Crippen LogP contribution in [0.25, 0.3) is 17.9 Å². The van der Waals surface area contributed by atoms with E-state index < -0.39 is 172 Å². The molecule has 21 atom stereocenters. The van der Waals surface area contributed by atoms with Gasteiger partial charge in [-0.25, -0.2) is 9.59 Å². The molecule has 3 aromatic rings. The summed E-state index contributed by atoms with van der Waals surface area (Å²) in [6.45, 7) is -0.448.